The van der Waals surface area contributed by atoms with Gasteiger partial charge in [0.2, 0.25) is 0 Å². The van der Waals surface area contributed by atoms with Crippen LogP contribution in [0.4, 0.5) is 0 Å². The number of aromatic nitrogens is 2. The number of morpholine rings is 1. The minimum absolute atomic E-state index is 0.00716. The maximum atomic E-state index is 13.2. The second-order valence-corrected chi connectivity index (χ2v) is 6.82. The Balaban J connectivity index is 1.51. The van der Waals surface area contributed by atoms with Crippen LogP contribution in [0, 0.1) is 0 Å². The number of hydrogen-bond donors (Lipinski definition) is 1. The number of rotatable bonds is 5. The quantitative estimate of drug-likeness (QED) is 0.742. The van der Waals surface area contributed by atoms with E-state index in [-0.39, 0.29) is 12.0 Å². The fourth-order valence-electron chi connectivity index (χ4n) is 3.52. The van der Waals surface area contributed by atoms with Crippen molar-refractivity contribution >= 4 is 5.91 Å². The number of H-pyrrole nitrogens is 1. The number of carbonyl (C=O) groups is 1. The van der Waals surface area contributed by atoms with Crippen LogP contribution in [0.25, 0.3) is 11.3 Å². The van der Waals surface area contributed by atoms with Gasteiger partial charge in [-0.15, -0.1) is 0 Å². The lowest BCUT2D eigenvalue weighted by Gasteiger charge is -2.33. The Morgan fingerprint density at radius 1 is 1.25 bits per heavy atom. The molecule has 1 atom stereocenters. The zero-order chi connectivity index (χ0) is 19.3. The molecule has 1 fully saturated rings. The minimum Gasteiger partial charge on any atom is -0.497 e. The molecule has 0 bridgehead atoms. The Morgan fingerprint density at radius 2 is 2.11 bits per heavy atom. The molecule has 28 heavy (non-hydrogen) atoms. The predicted octanol–water partition coefficient (Wildman–Crippen LogP) is 3.17. The lowest BCUT2D eigenvalue weighted by Crippen LogP contribution is -2.46. The summed E-state index contributed by atoms with van der Waals surface area (Å²) in [5, 5.41) is 7.07. The molecule has 6 nitrogen and oxygen atoms in total. The van der Waals surface area contributed by atoms with Crippen LogP contribution in [0.2, 0.25) is 0 Å². The topological polar surface area (TPSA) is 67.5 Å². The molecule has 1 unspecified atom stereocenters. The van der Waals surface area contributed by atoms with Crippen molar-refractivity contribution in [2.45, 2.75) is 12.5 Å². The Hall–Kier alpha value is -3.12. The number of benzene rings is 2. The van der Waals surface area contributed by atoms with E-state index < -0.39 is 0 Å². The summed E-state index contributed by atoms with van der Waals surface area (Å²) in [6.07, 6.45) is 2.38. The van der Waals surface area contributed by atoms with E-state index in [1.54, 1.807) is 13.3 Å². The summed E-state index contributed by atoms with van der Waals surface area (Å²) >= 11 is 0. The van der Waals surface area contributed by atoms with E-state index in [1.165, 1.54) is 5.56 Å². The van der Waals surface area contributed by atoms with Gasteiger partial charge in [-0.25, -0.2) is 0 Å². The first-order chi connectivity index (χ1) is 13.7. The van der Waals surface area contributed by atoms with E-state index in [4.69, 9.17) is 9.47 Å². The number of methoxy groups -OCH3 is 1. The summed E-state index contributed by atoms with van der Waals surface area (Å²) in [7, 11) is 1.62. The summed E-state index contributed by atoms with van der Waals surface area (Å²) < 4.78 is 11.2. The van der Waals surface area contributed by atoms with Gasteiger partial charge in [0.15, 0.2) is 0 Å². The summed E-state index contributed by atoms with van der Waals surface area (Å²) in [6, 6.07) is 17.8. The molecule has 0 radical (unpaired) electrons. The second kappa shape index (κ2) is 8.27. The average Bonchev–Trinajstić information content (AvgIpc) is 3.24. The third-order valence-electron chi connectivity index (χ3n) is 4.96. The van der Waals surface area contributed by atoms with E-state index in [0.29, 0.717) is 31.0 Å². The number of carbonyl (C=O) groups excluding carboxylic acids is 1. The van der Waals surface area contributed by atoms with E-state index in [9.17, 15) is 4.79 Å². The van der Waals surface area contributed by atoms with E-state index >= 15 is 0 Å². The average molecular weight is 377 g/mol. The maximum Gasteiger partial charge on any atom is 0.257 e. The van der Waals surface area contributed by atoms with Gasteiger partial charge >= 0.3 is 0 Å². The van der Waals surface area contributed by atoms with Crippen LogP contribution < -0.4 is 4.74 Å². The van der Waals surface area contributed by atoms with Crippen molar-refractivity contribution < 1.29 is 14.3 Å². The number of aromatic amines is 1. The van der Waals surface area contributed by atoms with E-state index in [0.717, 1.165) is 17.7 Å². The highest BCUT2D eigenvalue weighted by Crippen LogP contribution is 2.26. The third-order valence-corrected chi connectivity index (χ3v) is 4.96. The summed E-state index contributed by atoms with van der Waals surface area (Å²) in [5.74, 6) is 0.702. The second-order valence-electron chi connectivity index (χ2n) is 6.82. The molecule has 2 heterocycles. The van der Waals surface area contributed by atoms with Crippen molar-refractivity contribution in [1.82, 2.24) is 15.1 Å². The molecule has 1 saturated heterocycles. The minimum atomic E-state index is -0.0343. The van der Waals surface area contributed by atoms with E-state index in [2.05, 4.69) is 22.3 Å². The SMILES string of the molecule is COc1cccc(-c2[nH]ncc2C(=O)N2CCOC(Cc3ccccc3)C2)c1. The van der Waals surface area contributed by atoms with Crippen LogP contribution >= 0.6 is 0 Å². The molecule has 0 aliphatic carbocycles. The first kappa shape index (κ1) is 18.3. The molecule has 1 amide bonds. The highest BCUT2D eigenvalue weighted by molar-refractivity contribution is 5.99. The molecule has 1 aromatic heterocycles. The molecule has 0 saturated carbocycles. The molecule has 2 aromatic carbocycles. The predicted molar refractivity (Wildman–Crippen MR) is 106 cm³/mol. The lowest BCUT2D eigenvalue weighted by atomic mass is 10.0. The van der Waals surface area contributed by atoms with Crippen molar-refractivity contribution in [3.8, 4) is 17.0 Å². The summed E-state index contributed by atoms with van der Waals surface area (Å²) in [6.45, 7) is 1.68. The number of nitrogens with one attached hydrogen (secondary N) is 1. The fourth-order valence-corrected chi connectivity index (χ4v) is 3.52. The molecule has 1 N–H and O–H groups in total. The molecule has 3 aromatic rings. The number of nitrogens with zero attached hydrogens (tertiary/aromatic N) is 2. The number of ether oxygens (including phenoxy) is 2. The van der Waals surface area contributed by atoms with Crippen molar-refractivity contribution in [2.24, 2.45) is 0 Å². The Kier molecular flexibility index (Phi) is 5.39. The fraction of sp³-hybridized carbons (Fsp3) is 0.273. The molecule has 4 rings (SSSR count). The smallest absolute Gasteiger partial charge is 0.257 e. The standard InChI is InChI=1S/C22H23N3O3/c1-27-18-9-5-8-17(13-18)21-20(14-23-24-21)22(26)25-10-11-28-19(15-25)12-16-6-3-2-4-7-16/h2-9,13-14,19H,10-12,15H2,1H3,(H,23,24). The summed E-state index contributed by atoms with van der Waals surface area (Å²) in [5.41, 5.74) is 3.35. The normalized spacial score (nSPS) is 16.8. The zero-order valence-electron chi connectivity index (χ0n) is 15.8. The molecular formula is C22H23N3O3. The van der Waals surface area contributed by atoms with Gasteiger partial charge in [0.05, 0.1) is 37.3 Å². The van der Waals surface area contributed by atoms with Crippen LogP contribution in [0.1, 0.15) is 15.9 Å². The van der Waals surface area contributed by atoms with Gasteiger partial charge in [-0.2, -0.15) is 5.10 Å². The highest BCUT2D eigenvalue weighted by Gasteiger charge is 2.27. The first-order valence-electron chi connectivity index (χ1n) is 9.37. The number of hydrogen-bond acceptors (Lipinski definition) is 4. The molecule has 1 aliphatic heterocycles. The van der Waals surface area contributed by atoms with Crippen molar-refractivity contribution in [3.63, 3.8) is 0 Å². The van der Waals surface area contributed by atoms with Crippen LogP contribution in [0.5, 0.6) is 5.75 Å². The van der Waals surface area contributed by atoms with Crippen LogP contribution in [-0.4, -0.2) is 53.9 Å². The van der Waals surface area contributed by atoms with E-state index in [1.807, 2.05) is 47.4 Å². The van der Waals surface area contributed by atoms with Crippen LogP contribution in [0.15, 0.2) is 60.8 Å². The highest BCUT2D eigenvalue weighted by atomic mass is 16.5. The lowest BCUT2D eigenvalue weighted by molar-refractivity contribution is -0.0207. The maximum absolute atomic E-state index is 13.2. The Labute approximate surface area is 164 Å². The molecule has 6 heteroatoms. The van der Waals surface area contributed by atoms with Crippen molar-refractivity contribution in [2.75, 3.05) is 26.8 Å². The van der Waals surface area contributed by atoms with Gasteiger partial charge in [-0.3, -0.25) is 9.89 Å². The Bertz CT molecular complexity index is 939. The monoisotopic (exact) mass is 377 g/mol. The van der Waals surface area contributed by atoms with Crippen molar-refractivity contribution in [3.05, 3.63) is 71.9 Å². The molecule has 0 spiro atoms. The zero-order valence-corrected chi connectivity index (χ0v) is 15.8. The molecule has 144 valence electrons. The van der Waals surface area contributed by atoms with Crippen molar-refractivity contribution in [1.29, 1.82) is 0 Å². The van der Waals surface area contributed by atoms with Gasteiger partial charge in [-0.1, -0.05) is 42.5 Å². The van der Waals surface area contributed by atoms with Gasteiger partial charge in [0, 0.05) is 25.1 Å². The van der Waals surface area contributed by atoms with Gasteiger partial charge < -0.3 is 14.4 Å². The van der Waals surface area contributed by atoms with Gasteiger partial charge in [0.1, 0.15) is 5.75 Å². The largest absolute Gasteiger partial charge is 0.497 e. The summed E-state index contributed by atoms with van der Waals surface area (Å²) in [4.78, 5) is 15.0. The van der Waals surface area contributed by atoms with Gasteiger partial charge in [-0.05, 0) is 17.7 Å². The Morgan fingerprint density at radius 3 is 2.93 bits per heavy atom. The third kappa shape index (κ3) is 3.92. The van der Waals surface area contributed by atoms with Crippen LogP contribution in [0.3, 0.4) is 0 Å². The number of amides is 1. The first-order valence-corrected chi connectivity index (χ1v) is 9.37. The van der Waals surface area contributed by atoms with Gasteiger partial charge in [0.25, 0.3) is 5.91 Å². The molecule has 1 aliphatic rings. The van der Waals surface area contributed by atoms with Crippen LogP contribution in [-0.2, 0) is 11.2 Å². The molecular weight excluding hydrogens is 354 g/mol.